The van der Waals surface area contributed by atoms with Crippen molar-refractivity contribution in [2.75, 3.05) is 23.3 Å². The number of carbonyl (C=O) groups excluding carboxylic acids is 2. The number of amides is 2. The smallest absolute Gasteiger partial charge is 1.00 e. The molecule has 0 saturated carbocycles. The van der Waals surface area contributed by atoms with Crippen LogP contribution in [0.4, 0.5) is 39.8 Å². The average molecular weight is 1020 g/mol. The SMILES string of the molecule is CC(C)(C)OC(=O)NC1CNc2ccccc2C1.CC(C)(C)OC(=O)NC1Cc2ccccc2N(c2ccccc2)C1.C[Si](C)(C)c1ccccc1OS(=O)(=O)C(F)(F)F.[Cs+].[F-]. The summed E-state index contributed by atoms with van der Waals surface area (Å²) in [6.07, 6.45) is 0.926. The molecule has 0 saturated heterocycles. The van der Waals surface area contributed by atoms with Crippen molar-refractivity contribution in [1.29, 1.82) is 0 Å². The number of para-hydroxylation sites is 4. The zero-order chi connectivity index (χ0) is 44.5. The van der Waals surface area contributed by atoms with Crippen molar-refractivity contribution in [1.82, 2.24) is 10.6 Å². The number of nitrogens with zero attached hydrogens (tertiary/aromatic N) is 1. The van der Waals surface area contributed by atoms with E-state index in [2.05, 4.69) is 67.5 Å². The number of carbonyl (C=O) groups is 2. The van der Waals surface area contributed by atoms with Gasteiger partial charge in [-0.15, -0.1) is 0 Å². The standard InChI is InChI=1S/C20H24N2O2.C14H20N2O2.C10H13F3O3SSi.Cs.FH/c1-20(2,3)24-19(23)21-16-13-15-9-7-8-12-18(15)22(14-16)17-10-5-4-6-11-17;1-14(2,3)18-13(17)16-11-8-10-6-4-5-7-12(10)15-9-11;1-18(2,3)9-7-5-4-6-8(9)16-17(14,15)10(11,12)13;;/h4-12,16H,13-14H2,1-3H3,(H,21,23);4-7,11,15H,8-9H2,1-3H3,(H,16,17);4-7H,1-3H3;;1H/q;;;+1;/p-1. The van der Waals surface area contributed by atoms with Crippen molar-refractivity contribution in [3.63, 3.8) is 0 Å². The molecule has 2 unspecified atom stereocenters. The van der Waals surface area contributed by atoms with Gasteiger partial charge in [0.05, 0.1) is 20.2 Å². The van der Waals surface area contributed by atoms with E-state index in [1.807, 2.05) is 97.6 Å². The second-order valence-corrected chi connectivity index (χ2v) is 24.0. The van der Waals surface area contributed by atoms with Crippen molar-refractivity contribution in [3.8, 4) is 5.75 Å². The van der Waals surface area contributed by atoms with Crippen LogP contribution in [-0.2, 0) is 32.4 Å². The van der Waals surface area contributed by atoms with E-state index in [9.17, 15) is 31.2 Å². The Morgan fingerprint density at radius 1 is 0.710 bits per heavy atom. The third-order valence-corrected chi connectivity index (χ3v) is 11.9. The molecule has 0 fully saturated rings. The number of benzene rings is 4. The van der Waals surface area contributed by atoms with Crippen LogP contribution in [0.15, 0.2) is 103 Å². The molecule has 0 spiro atoms. The first-order chi connectivity index (χ1) is 27.8. The van der Waals surface area contributed by atoms with E-state index >= 15 is 0 Å². The Kier molecular flexibility index (Phi) is 20.4. The topological polar surface area (TPSA) is 135 Å². The van der Waals surface area contributed by atoms with E-state index in [0.29, 0.717) is 5.19 Å². The normalized spacial score (nSPS) is 15.9. The fourth-order valence-corrected chi connectivity index (χ4v) is 8.38. The number of alkyl halides is 3. The van der Waals surface area contributed by atoms with Gasteiger partial charge in [-0.3, -0.25) is 0 Å². The number of alkyl carbamates (subject to hydrolysis) is 2. The molecule has 62 heavy (non-hydrogen) atoms. The first-order valence-corrected chi connectivity index (χ1v) is 24.5. The van der Waals surface area contributed by atoms with Crippen LogP contribution in [0, 0.1) is 0 Å². The molecule has 0 aliphatic carbocycles. The van der Waals surface area contributed by atoms with Crippen molar-refractivity contribution in [3.05, 3.63) is 114 Å². The maximum atomic E-state index is 12.2. The summed E-state index contributed by atoms with van der Waals surface area (Å²) >= 11 is 0. The number of halogens is 4. The predicted molar refractivity (Wildman–Crippen MR) is 234 cm³/mol. The number of hydrogen-bond acceptors (Lipinski definition) is 9. The number of anilines is 3. The zero-order valence-electron chi connectivity index (χ0n) is 37.0. The van der Waals surface area contributed by atoms with Gasteiger partial charge in [0.2, 0.25) is 0 Å². The average Bonchev–Trinajstić information content (AvgIpc) is 3.13. The van der Waals surface area contributed by atoms with Crippen molar-refractivity contribution in [2.45, 2.75) is 103 Å². The molecule has 6 rings (SSSR count). The van der Waals surface area contributed by atoms with E-state index in [-0.39, 0.29) is 104 Å². The Labute approximate surface area is 423 Å². The van der Waals surface area contributed by atoms with Crippen LogP contribution < -0.4 is 104 Å². The Hall–Kier alpha value is -3.24. The quantitative estimate of drug-likeness (QED) is 0.115. The molecule has 334 valence electrons. The van der Waals surface area contributed by atoms with Gasteiger partial charge in [-0.1, -0.05) is 92.4 Å². The minimum Gasteiger partial charge on any atom is -1.00 e. The molecule has 0 radical (unpaired) electrons. The summed E-state index contributed by atoms with van der Waals surface area (Å²) in [6, 6.07) is 32.7. The number of fused-ring (bicyclic) bond motifs is 2. The molecule has 4 aromatic carbocycles. The van der Waals surface area contributed by atoms with Gasteiger partial charge in [-0.2, -0.15) is 21.6 Å². The van der Waals surface area contributed by atoms with Crippen LogP contribution in [0.25, 0.3) is 0 Å². The summed E-state index contributed by atoms with van der Waals surface area (Å²) in [6.45, 7) is 18.3. The number of rotatable bonds is 6. The maximum absolute atomic E-state index is 12.2. The molecule has 0 bridgehead atoms. The minimum absolute atomic E-state index is 0. The van der Waals surface area contributed by atoms with Crippen molar-refractivity contribution >= 4 is 52.6 Å². The van der Waals surface area contributed by atoms with Crippen molar-refractivity contribution in [2.24, 2.45) is 0 Å². The third kappa shape index (κ3) is 17.4. The second kappa shape index (κ2) is 23.1. The summed E-state index contributed by atoms with van der Waals surface area (Å²) in [5, 5.41) is 9.74. The van der Waals surface area contributed by atoms with Crippen LogP contribution in [0.3, 0.4) is 0 Å². The van der Waals surface area contributed by atoms with E-state index in [4.69, 9.17) is 9.47 Å². The molecule has 2 aliphatic rings. The van der Waals surface area contributed by atoms with Crippen LogP contribution in [-0.4, -0.2) is 70.6 Å². The van der Waals surface area contributed by atoms with Gasteiger partial charge in [-0.25, -0.2) is 9.59 Å². The monoisotopic (exact) mass is 1020 g/mol. The molecular formula is C44H57CsF4N4O7SSi. The van der Waals surface area contributed by atoms with Crippen LogP contribution in [0.5, 0.6) is 5.75 Å². The second-order valence-electron chi connectivity index (χ2n) is 17.4. The fourth-order valence-electron chi connectivity index (χ4n) is 6.36. The van der Waals surface area contributed by atoms with Crippen LogP contribution >= 0.6 is 0 Å². The Morgan fingerprint density at radius 3 is 1.76 bits per heavy atom. The van der Waals surface area contributed by atoms with Crippen LogP contribution in [0.2, 0.25) is 19.6 Å². The largest absolute Gasteiger partial charge is 1.00 e. The molecule has 0 aromatic heterocycles. The summed E-state index contributed by atoms with van der Waals surface area (Å²) in [5.41, 5.74) is -0.427. The first kappa shape index (κ1) is 54.9. The van der Waals surface area contributed by atoms with E-state index < -0.39 is 34.9 Å². The van der Waals surface area contributed by atoms with Gasteiger partial charge in [0.15, 0.2) is 0 Å². The van der Waals surface area contributed by atoms with Crippen LogP contribution in [0.1, 0.15) is 52.7 Å². The fraction of sp³-hybridized carbons (Fsp3) is 0.409. The van der Waals surface area contributed by atoms with Gasteiger partial charge in [0, 0.05) is 30.2 Å². The third-order valence-electron chi connectivity index (χ3n) is 8.86. The Balaban J connectivity index is 0.000000320. The van der Waals surface area contributed by atoms with Gasteiger partial charge < -0.3 is 39.2 Å². The molecule has 2 amide bonds. The van der Waals surface area contributed by atoms with E-state index in [1.165, 1.54) is 28.9 Å². The summed E-state index contributed by atoms with van der Waals surface area (Å²) in [5.74, 6) is -0.242. The molecule has 2 atom stereocenters. The van der Waals surface area contributed by atoms with Gasteiger partial charge >= 0.3 is 96.7 Å². The minimum atomic E-state index is -5.61. The number of ether oxygens (including phenoxy) is 2. The molecule has 11 nitrogen and oxygen atoms in total. The maximum Gasteiger partial charge on any atom is 1.00 e. The summed E-state index contributed by atoms with van der Waals surface area (Å²) < 4.78 is 73.5. The Morgan fingerprint density at radius 2 is 1.19 bits per heavy atom. The van der Waals surface area contributed by atoms with E-state index in [0.717, 1.165) is 37.3 Å². The zero-order valence-corrected chi connectivity index (χ0v) is 45.1. The van der Waals surface area contributed by atoms with E-state index in [1.54, 1.807) is 12.1 Å². The van der Waals surface area contributed by atoms with Gasteiger partial charge in [0.25, 0.3) is 0 Å². The summed E-state index contributed by atoms with van der Waals surface area (Å²) in [7, 11) is -7.60. The number of nitrogens with one attached hydrogen (secondary N) is 3. The predicted octanol–water partition coefficient (Wildman–Crippen LogP) is 3.29. The molecular weight excluding hydrogens is 966 g/mol. The molecule has 2 aliphatic heterocycles. The summed E-state index contributed by atoms with van der Waals surface area (Å²) in [4.78, 5) is 26.1. The van der Waals surface area contributed by atoms with Gasteiger partial charge in [-0.05, 0) is 101 Å². The Bertz CT molecular complexity index is 2180. The van der Waals surface area contributed by atoms with Gasteiger partial charge in [0.1, 0.15) is 17.0 Å². The molecule has 4 aromatic rings. The first-order valence-electron chi connectivity index (χ1n) is 19.6. The molecule has 18 heteroatoms. The molecule has 3 N–H and O–H groups in total. The number of hydrogen-bond donors (Lipinski definition) is 3. The molecule has 2 heterocycles. The van der Waals surface area contributed by atoms with Crippen molar-refractivity contribution < 1.29 is 118 Å².